The van der Waals surface area contributed by atoms with E-state index >= 15 is 0 Å². The van der Waals surface area contributed by atoms with Gasteiger partial charge in [-0.1, -0.05) is 6.92 Å². The van der Waals surface area contributed by atoms with Crippen LogP contribution in [-0.4, -0.2) is 40.5 Å². The van der Waals surface area contributed by atoms with Crippen molar-refractivity contribution >= 4 is 11.8 Å². The molecule has 0 saturated heterocycles. The van der Waals surface area contributed by atoms with Crippen molar-refractivity contribution in [2.24, 2.45) is 5.92 Å². The van der Waals surface area contributed by atoms with E-state index in [4.69, 9.17) is 4.74 Å². The third-order valence-electron chi connectivity index (χ3n) is 3.85. The van der Waals surface area contributed by atoms with Gasteiger partial charge in [0.2, 0.25) is 0 Å². The Balaban J connectivity index is 2.12. The van der Waals surface area contributed by atoms with E-state index in [1.807, 2.05) is 13.2 Å². The van der Waals surface area contributed by atoms with Gasteiger partial charge in [0.15, 0.2) is 0 Å². The Bertz CT molecular complexity index is 455. The molecule has 1 aromatic carbocycles. The van der Waals surface area contributed by atoms with E-state index in [9.17, 15) is 14.6 Å². The summed E-state index contributed by atoms with van der Waals surface area (Å²) in [5.74, 6) is 0.261. The lowest BCUT2D eigenvalue weighted by Crippen LogP contribution is -2.44. The summed E-state index contributed by atoms with van der Waals surface area (Å²) < 4.78 is 19.1. The maximum Gasteiger partial charge on any atom is 0.123 e. The van der Waals surface area contributed by atoms with Crippen LogP contribution in [-0.2, 0) is 6.42 Å². The molecule has 1 heterocycles. The van der Waals surface area contributed by atoms with Crippen LogP contribution in [0.15, 0.2) is 18.2 Å². The fraction of sp³-hybridized carbons (Fsp3) is 0.600. The lowest BCUT2D eigenvalue weighted by atomic mass is 9.94. The summed E-state index contributed by atoms with van der Waals surface area (Å²) in [6, 6.07) is 4.55. The van der Waals surface area contributed by atoms with Gasteiger partial charge in [0.25, 0.3) is 0 Å². The van der Waals surface area contributed by atoms with Crippen LogP contribution in [0.4, 0.5) is 4.39 Å². The number of ether oxygens (including phenoxy) is 1. The van der Waals surface area contributed by atoms with E-state index in [2.05, 4.69) is 0 Å². The Morgan fingerprint density at radius 3 is 2.90 bits per heavy atom. The molecule has 5 heteroatoms. The largest absolute Gasteiger partial charge is 0.489 e. The molecule has 0 fully saturated rings. The first-order valence-electron chi connectivity index (χ1n) is 6.83. The van der Waals surface area contributed by atoms with Gasteiger partial charge in [0.05, 0.1) is 11.4 Å². The fourth-order valence-electron chi connectivity index (χ4n) is 2.55. The van der Waals surface area contributed by atoms with E-state index in [0.29, 0.717) is 5.75 Å². The quantitative estimate of drug-likeness (QED) is 0.875. The van der Waals surface area contributed by atoms with Gasteiger partial charge in [-0.25, -0.2) is 4.39 Å². The maximum atomic E-state index is 13.2. The predicted molar refractivity (Wildman–Crippen MR) is 78.7 cm³/mol. The Morgan fingerprint density at radius 1 is 1.50 bits per heavy atom. The molecule has 0 aliphatic carbocycles. The molecule has 0 radical (unpaired) electrons. The SMILES string of the molecule is CSC([C@@H]1CCc2cc(F)ccc2O1)[C@H](O)[C@@H](C)CO. The minimum Gasteiger partial charge on any atom is -0.489 e. The van der Waals surface area contributed by atoms with Crippen LogP contribution in [0.3, 0.4) is 0 Å². The van der Waals surface area contributed by atoms with E-state index < -0.39 is 6.10 Å². The highest BCUT2D eigenvalue weighted by Gasteiger charge is 2.34. The second-order valence-corrected chi connectivity index (χ2v) is 6.31. The lowest BCUT2D eigenvalue weighted by molar-refractivity contribution is 0.0377. The Hall–Kier alpha value is -0.780. The molecule has 2 rings (SSSR count). The number of fused-ring (bicyclic) bond motifs is 1. The fourth-order valence-corrected chi connectivity index (χ4v) is 3.59. The van der Waals surface area contributed by atoms with Crippen LogP contribution in [0.1, 0.15) is 18.9 Å². The van der Waals surface area contributed by atoms with Crippen molar-refractivity contribution in [1.29, 1.82) is 0 Å². The van der Waals surface area contributed by atoms with Crippen molar-refractivity contribution in [2.45, 2.75) is 37.2 Å². The number of aliphatic hydroxyl groups is 2. The minimum atomic E-state index is -0.623. The summed E-state index contributed by atoms with van der Waals surface area (Å²) in [6.45, 7) is 1.77. The molecule has 1 unspecified atom stereocenters. The molecular weight excluding hydrogens is 279 g/mol. The number of thioether (sulfide) groups is 1. The van der Waals surface area contributed by atoms with Crippen LogP contribution in [0.2, 0.25) is 0 Å². The Morgan fingerprint density at radius 2 is 2.25 bits per heavy atom. The molecule has 0 aromatic heterocycles. The van der Waals surface area contributed by atoms with E-state index in [1.54, 1.807) is 17.8 Å². The standard InChI is InChI=1S/C15H21FO3S/c1-9(8-17)14(18)15(20-2)13-5-3-10-7-11(16)4-6-12(10)19-13/h4,6-7,9,13-15,17-18H,3,5,8H2,1-2H3/t9-,13-,14+,15?/m0/s1. The van der Waals surface area contributed by atoms with Gasteiger partial charge in [-0.3, -0.25) is 0 Å². The zero-order chi connectivity index (χ0) is 14.7. The van der Waals surface area contributed by atoms with E-state index in [0.717, 1.165) is 18.4 Å². The normalized spacial score (nSPS) is 22.6. The second kappa shape index (κ2) is 6.78. The van der Waals surface area contributed by atoms with Crippen molar-refractivity contribution < 1.29 is 19.3 Å². The molecule has 0 spiro atoms. The summed E-state index contributed by atoms with van der Waals surface area (Å²) in [7, 11) is 0. The molecule has 0 saturated carbocycles. The number of aliphatic hydroxyl groups excluding tert-OH is 2. The number of hydrogen-bond acceptors (Lipinski definition) is 4. The first-order chi connectivity index (χ1) is 9.56. The van der Waals surface area contributed by atoms with E-state index in [1.165, 1.54) is 12.1 Å². The molecule has 0 amide bonds. The smallest absolute Gasteiger partial charge is 0.123 e. The number of halogens is 1. The van der Waals surface area contributed by atoms with Crippen LogP contribution < -0.4 is 4.74 Å². The summed E-state index contributed by atoms with van der Waals surface area (Å²) in [6.07, 6.45) is 2.68. The number of rotatable bonds is 5. The Kier molecular flexibility index (Phi) is 5.29. The predicted octanol–water partition coefficient (Wildman–Crippen LogP) is 2.24. The average Bonchev–Trinajstić information content (AvgIpc) is 2.47. The Labute approximate surface area is 123 Å². The number of benzene rings is 1. The molecule has 3 nitrogen and oxygen atoms in total. The minimum absolute atomic E-state index is 0.0489. The summed E-state index contributed by atoms with van der Waals surface area (Å²) in [5, 5.41) is 19.4. The zero-order valence-corrected chi connectivity index (χ0v) is 12.6. The van der Waals surface area contributed by atoms with Crippen molar-refractivity contribution in [3.05, 3.63) is 29.6 Å². The van der Waals surface area contributed by atoms with Gasteiger partial charge in [-0.2, -0.15) is 11.8 Å². The number of hydrogen-bond donors (Lipinski definition) is 2. The zero-order valence-electron chi connectivity index (χ0n) is 11.8. The third-order valence-corrected chi connectivity index (χ3v) is 4.97. The van der Waals surface area contributed by atoms with Gasteiger partial charge in [-0.05, 0) is 42.9 Å². The van der Waals surface area contributed by atoms with Crippen molar-refractivity contribution in [3.63, 3.8) is 0 Å². The van der Waals surface area contributed by atoms with Gasteiger partial charge >= 0.3 is 0 Å². The third kappa shape index (κ3) is 3.27. The molecule has 112 valence electrons. The van der Waals surface area contributed by atoms with Crippen LogP contribution in [0.25, 0.3) is 0 Å². The monoisotopic (exact) mass is 300 g/mol. The van der Waals surface area contributed by atoms with Crippen LogP contribution in [0, 0.1) is 11.7 Å². The van der Waals surface area contributed by atoms with Crippen molar-refractivity contribution in [1.82, 2.24) is 0 Å². The molecule has 0 bridgehead atoms. The maximum absolute atomic E-state index is 13.2. The van der Waals surface area contributed by atoms with Crippen molar-refractivity contribution in [2.75, 3.05) is 12.9 Å². The van der Waals surface area contributed by atoms with Gasteiger partial charge in [0, 0.05) is 12.5 Å². The second-order valence-electron chi connectivity index (χ2n) is 5.30. The summed E-state index contributed by atoms with van der Waals surface area (Å²) >= 11 is 1.55. The first-order valence-corrected chi connectivity index (χ1v) is 8.12. The summed E-state index contributed by atoms with van der Waals surface area (Å²) in [4.78, 5) is 0. The number of aryl methyl sites for hydroxylation is 1. The molecule has 2 N–H and O–H groups in total. The highest BCUT2D eigenvalue weighted by atomic mass is 32.2. The van der Waals surface area contributed by atoms with Crippen molar-refractivity contribution in [3.8, 4) is 5.75 Å². The van der Waals surface area contributed by atoms with E-state index in [-0.39, 0.29) is 29.7 Å². The topological polar surface area (TPSA) is 49.7 Å². The molecule has 1 aromatic rings. The molecule has 4 atom stereocenters. The molecular formula is C15H21FO3S. The highest BCUT2D eigenvalue weighted by Crippen LogP contribution is 2.33. The lowest BCUT2D eigenvalue weighted by Gasteiger charge is -2.35. The molecule has 1 aliphatic heterocycles. The summed E-state index contributed by atoms with van der Waals surface area (Å²) in [5.41, 5.74) is 0.880. The average molecular weight is 300 g/mol. The molecule has 20 heavy (non-hydrogen) atoms. The van der Waals surface area contributed by atoms with Crippen LogP contribution in [0.5, 0.6) is 5.75 Å². The van der Waals surface area contributed by atoms with Crippen LogP contribution >= 0.6 is 11.8 Å². The highest BCUT2D eigenvalue weighted by molar-refractivity contribution is 7.99. The van der Waals surface area contributed by atoms with Gasteiger partial charge in [-0.15, -0.1) is 0 Å². The van der Waals surface area contributed by atoms with Gasteiger partial charge < -0.3 is 14.9 Å². The first kappa shape index (κ1) is 15.6. The van der Waals surface area contributed by atoms with Gasteiger partial charge in [0.1, 0.15) is 17.7 Å². The molecule has 1 aliphatic rings.